The molecule has 0 aliphatic carbocycles. The predicted octanol–water partition coefficient (Wildman–Crippen LogP) is 1.92. The Labute approximate surface area is 140 Å². The highest BCUT2D eigenvalue weighted by molar-refractivity contribution is 9.10. The van der Waals surface area contributed by atoms with Gasteiger partial charge in [0.2, 0.25) is 0 Å². The van der Waals surface area contributed by atoms with E-state index in [1.807, 2.05) is 0 Å². The van der Waals surface area contributed by atoms with Gasteiger partial charge >= 0.3 is 0 Å². The SMILES string of the molecule is NC(=O)c1c(F)cc(Br)cc1NCCNC(=O)c1cccnc1. The molecule has 0 radical (unpaired) electrons. The normalized spacial score (nSPS) is 10.2. The Balaban J connectivity index is 1.94. The second-order valence-electron chi connectivity index (χ2n) is 4.60. The van der Waals surface area contributed by atoms with E-state index in [1.54, 1.807) is 24.4 Å². The molecule has 0 aliphatic rings. The molecule has 0 bridgehead atoms. The van der Waals surface area contributed by atoms with Crippen molar-refractivity contribution in [2.75, 3.05) is 18.4 Å². The molecule has 2 rings (SSSR count). The van der Waals surface area contributed by atoms with Crippen LogP contribution in [0.25, 0.3) is 0 Å². The maximum Gasteiger partial charge on any atom is 0.253 e. The molecule has 1 aromatic heterocycles. The van der Waals surface area contributed by atoms with E-state index >= 15 is 0 Å². The molecular formula is C15H14BrFN4O2. The minimum atomic E-state index is -0.864. The summed E-state index contributed by atoms with van der Waals surface area (Å²) in [4.78, 5) is 27.0. The lowest BCUT2D eigenvalue weighted by atomic mass is 10.1. The van der Waals surface area contributed by atoms with Crippen LogP contribution >= 0.6 is 15.9 Å². The Morgan fingerprint density at radius 3 is 2.74 bits per heavy atom. The molecule has 0 saturated heterocycles. The quantitative estimate of drug-likeness (QED) is 0.666. The van der Waals surface area contributed by atoms with Crippen LogP contribution in [0.5, 0.6) is 0 Å². The molecule has 2 amide bonds. The molecule has 0 spiro atoms. The van der Waals surface area contributed by atoms with Crippen molar-refractivity contribution in [3.63, 3.8) is 0 Å². The molecule has 120 valence electrons. The van der Waals surface area contributed by atoms with Crippen LogP contribution in [0.3, 0.4) is 0 Å². The topological polar surface area (TPSA) is 97.1 Å². The second kappa shape index (κ2) is 7.68. The summed E-state index contributed by atoms with van der Waals surface area (Å²) in [6, 6.07) is 6.02. The summed E-state index contributed by atoms with van der Waals surface area (Å²) in [6.45, 7) is 0.572. The number of halogens is 2. The lowest BCUT2D eigenvalue weighted by molar-refractivity contribution is 0.0952. The summed E-state index contributed by atoms with van der Waals surface area (Å²) in [6.07, 6.45) is 3.03. The summed E-state index contributed by atoms with van der Waals surface area (Å²) < 4.78 is 14.2. The van der Waals surface area contributed by atoms with Crippen LogP contribution in [0.1, 0.15) is 20.7 Å². The van der Waals surface area contributed by atoms with Gasteiger partial charge in [0.25, 0.3) is 11.8 Å². The number of benzene rings is 1. The average molecular weight is 381 g/mol. The van der Waals surface area contributed by atoms with Crippen LogP contribution in [-0.4, -0.2) is 29.9 Å². The number of anilines is 1. The third-order valence-corrected chi connectivity index (χ3v) is 3.41. The molecule has 8 heteroatoms. The highest BCUT2D eigenvalue weighted by atomic mass is 79.9. The number of hydrogen-bond acceptors (Lipinski definition) is 4. The van der Waals surface area contributed by atoms with E-state index in [1.165, 1.54) is 6.20 Å². The van der Waals surface area contributed by atoms with Crippen molar-refractivity contribution >= 4 is 33.4 Å². The summed E-state index contributed by atoms with van der Waals surface area (Å²) in [7, 11) is 0. The van der Waals surface area contributed by atoms with Crippen LogP contribution in [0, 0.1) is 5.82 Å². The van der Waals surface area contributed by atoms with Crippen molar-refractivity contribution < 1.29 is 14.0 Å². The van der Waals surface area contributed by atoms with E-state index in [9.17, 15) is 14.0 Å². The third kappa shape index (κ3) is 4.49. The average Bonchev–Trinajstić information content (AvgIpc) is 2.51. The molecule has 23 heavy (non-hydrogen) atoms. The predicted molar refractivity (Wildman–Crippen MR) is 87.7 cm³/mol. The van der Waals surface area contributed by atoms with Gasteiger partial charge in [-0.3, -0.25) is 14.6 Å². The molecule has 0 fully saturated rings. The summed E-state index contributed by atoms with van der Waals surface area (Å²) in [5, 5.41) is 5.57. The second-order valence-corrected chi connectivity index (χ2v) is 5.51. The van der Waals surface area contributed by atoms with Crippen LogP contribution in [-0.2, 0) is 0 Å². The van der Waals surface area contributed by atoms with E-state index in [0.717, 1.165) is 6.07 Å². The van der Waals surface area contributed by atoms with Crippen molar-refractivity contribution in [1.82, 2.24) is 10.3 Å². The van der Waals surface area contributed by atoms with Gasteiger partial charge in [-0.2, -0.15) is 0 Å². The molecule has 4 N–H and O–H groups in total. The number of rotatable bonds is 6. The fourth-order valence-electron chi connectivity index (χ4n) is 1.94. The number of amides is 2. The largest absolute Gasteiger partial charge is 0.383 e. The summed E-state index contributed by atoms with van der Waals surface area (Å²) >= 11 is 3.15. The van der Waals surface area contributed by atoms with Gasteiger partial charge < -0.3 is 16.4 Å². The van der Waals surface area contributed by atoms with Gasteiger partial charge in [-0.1, -0.05) is 15.9 Å². The Bertz CT molecular complexity index is 725. The van der Waals surface area contributed by atoms with E-state index in [2.05, 4.69) is 31.5 Å². The third-order valence-electron chi connectivity index (χ3n) is 2.95. The van der Waals surface area contributed by atoms with E-state index in [4.69, 9.17) is 5.73 Å². The summed E-state index contributed by atoms with van der Waals surface area (Å²) in [5.41, 5.74) is 5.67. The van der Waals surface area contributed by atoms with E-state index in [-0.39, 0.29) is 23.7 Å². The minimum Gasteiger partial charge on any atom is -0.383 e. The van der Waals surface area contributed by atoms with E-state index < -0.39 is 11.7 Å². The number of nitrogens with one attached hydrogen (secondary N) is 2. The Morgan fingerprint density at radius 1 is 1.30 bits per heavy atom. The van der Waals surface area contributed by atoms with Gasteiger partial charge in [-0.15, -0.1) is 0 Å². The molecule has 6 nitrogen and oxygen atoms in total. The number of nitrogens with zero attached hydrogens (tertiary/aromatic N) is 1. The molecule has 0 atom stereocenters. The maximum atomic E-state index is 13.8. The van der Waals surface area contributed by atoms with Gasteiger partial charge in [-0.25, -0.2) is 4.39 Å². The number of nitrogens with two attached hydrogens (primary N) is 1. The van der Waals surface area contributed by atoms with Crippen LogP contribution in [0.15, 0.2) is 41.1 Å². The van der Waals surface area contributed by atoms with Gasteiger partial charge in [0.05, 0.1) is 16.8 Å². The Hall–Kier alpha value is -2.48. The smallest absolute Gasteiger partial charge is 0.253 e. The van der Waals surface area contributed by atoms with Gasteiger partial charge in [0.15, 0.2) is 0 Å². The zero-order valence-electron chi connectivity index (χ0n) is 12.0. The molecule has 0 unspecified atom stereocenters. The van der Waals surface area contributed by atoms with Crippen LogP contribution in [0.4, 0.5) is 10.1 Å². The first kappa shape index (κ1) is 16.9. The van der Waals surface area contributed by atoms with Gasteiger partial charge in [0.1, 0.15) is 5.82 Å². The van der Waals surface area contributed by atoms with Crippen molar-refractivity contribution in [2.24, 2.45) is 5.73 Å². The number of primary amides is 1. The minimum absolute atomic E-state index is 0.216. The number of carbonyl (C=O) groups is 2. The monoisotopic (exact) mass is 380 g/mol. The highest BCUT2D eigenvalue weighted by Crippen LogP contribution is 2.24. The molecule has 1 aromatic carbocycles. The number of aromatic nitrogens is 1. The number of hydrogen-bond donors (Lipinski definition) is 3. The van der Waals surface area contributed by atoms with Crippen molar-refractivity contribution in [3.05, 3.63) is 58.1 Å². The maximum absolute atomic E-state index is 13.8. The molecule has 2 aromatic rings. The van der Waals surface area contributed by atoms with Crippen LogP contribution < -0.4 is 16.4 Å². The fourth-order valence-corrected chi connectivity index (χ4v) is 2.37. The first-order valence-corrected chi connectivity index (χ1v) is 7.49. The van der Waals surface area contributed by atoms with Gasteiger partial charge in [-0.05, 0) is 24.3 Å². The van der Waals surface area contributed by atoms with Crippen molar-refractivity contribution in [2.45, 2.75) is 0 Å². The van der Waals surface area contributed by atoms with E-state index in [0.29, 0.717) is 16.6 Å². The Kier molecular flexibility index (Phi) is 5.64. The Morgan fingerprint density at radius 2 is 2.09 bits per heavy atom. The first-order valence-electron chi connectivity index (χ1n) is 6.70. The molecule has 1 heterocycles. The molecule has 0 saturated carbocycles. The van der Waals surface area contributed by atoms with Crippen molar-refractivity contribution in [3.8, 4) is 0 Å². The fraction of sp³-hybridized carbons (Fsp3) is 0.133. The number of pyridine rings is 1. The van der Waals surface area contributed by atoms with Gasteiger partial charge in [0, 0.05) is 30.0 Å². The summed E-state index contributed by atoms with van der Waals surface area (Å²) in [5.74, 6) is -1.85. The van der Waals surface area contributed by atoms with Crippen molar-refractivity contribution in [1.29, 1.82) is 0 Å². The standard InChI is InChI=1S/C15H14BrFN4O2/c16-10-6-11(17)13(14(18)22)12(7-10)20-4-5-21-15(23)9-2-1-3-19-8-9/h1-3,6-8,20H,4-5H2,(H2,18,22)(H,21,23). The lowest BCUT2D eigenvalue weighted by Gasteiger charge is -2.12. The highest BCUT2D eigenvalue weighted by Gasteiger charge is 2.15. The molecular weight excluding hydrogens is 367 g/mol. The lowest BCUT2D eigenvalue weighted by Crippen LogP contribution is -2.29. The first-order chi connectivity index (χ1) is 11.0. The zero-order valence-corrected chi connectivity index (χ0v) is 13.6. The number of carbonyl (C=O) groups excluding carboxylic acids is 2. The van der Waals surface area contributed by atoms with Crippen LogP contribution in [0.2, 0.25) is 0 Å². The molecule has 0 aliphatic heterocycles. The zero-order chi connectivity index (χ0) is 16.8.